The van der Waals surface area contributed by atoms with E-state index < -0.39 is 35.6 Å². The quantitative estimate of drug-likeness (QED) is 0.548. The van der Waals surface area contributed by atoms with Crippen molar-refractivity contribution in [2.75, 3.05) is 5.73 Å². The summed E-state index contributed by atoms with van der Waals surface area (Å²) in [5.41, 5.74) is 5.32. The van der Waals surface area contributed by atoms with E-state index in [9.17, 15) is 19.8 Å². The van der Waals surface area contributed by atoms with Gasteiger partial charge in [0.15, 0.2) is 34.1 Å². The fourth-order valence-electron chi connectivity index (χ4n) is 3.75. The number of ketones is 2. The van der Waals surface area contributed by atoms with E-state index in [0.717, 1.165) is 12.5 Å². The molecular formula is C20H21N5O5. The molecule has 0 radical (unpaired) electrons. The highest BCUT2D eigenvalue weighted by atomic mass is 16.6. The molecule has 10 heteroatoms. The number of carbonyl (C=O) groups is 2. The number of nitrogens with zero attached hydrogens (tertiary/aromatic N) is 4. The van der Waals surface area contributed by atoms with Gasteiger partial charge >= 0.3 is 0 Å². The van der Waals surface area contributed by atoms with Crippen LogP contribution in [-0.4, -0.2) is 59.1 Å². The minimum Gasteiger partial charge on any atom is -0.382 e. The second-order valence-corrected chi connectivity index (χ2v) is 7.35. The van der Waals surface area contributed by atoms with E-state index in [1.807, 2.05) is 30.3 Å². The molecule has 1 saturated heterocycles. The van der Waals surface area contributed by atoms with Gasteiger partial charge in [-0.1, -0.05) is 30.3 Å². The molecule has 4 atom stereocenters. The SMILES string of the molecule is CC(=O)C(O)[C@H]1O[C@@H](n2c(-c3ccccc3)nc3c(N)ncnc32)C[C@@]1(O)C(C)=O. The van der Waals surface area contributed by atoms with E-state index in [1.165, 1.54) is 13.3 Å². The first kappa shape index (κ1) is 20.1. The number of ether oxygens (including phenoxy) is 1. The number of Topliss-reactive ketones (excluding diaryl/α,β-unsaturated/α-hetero) is 2. The molecule has 0 spiro atoms. The van der Waals surface area contributed by atoms with Gasteiger partial charge in [-0.15, -0.1) is 0 Å². The van der Waals surface area contributed by atoms with Crippen molar-refractivity contribution in [3.8, 4) is 11.4 Å². The van der Waals surface area contributed by atoms with Crippen molar-refractivity contribution in [2.45, 2.75) is 44.3 Å². The fraction of sp³-hybridized carbons (Fsp3) is 0.350. The number of aliphatic hydroxyl groups is 2. The van der Waals surface area contributed by atoms with Crippen LogP contribution < -0.4 is 5.73 Å². The normalized spacial score (nSPS) is 24.8. The Kier molecular flexibility index (Phi) is 4.85. The maximum atomic E-state index is 12.3. The molecule has 1 unspecified atom stereocenters. The third-order valence-corrected chi connectivity index (χ3v) is 5.40. The molecule has 0 bridgehead atoms. The van der Waals surface area contributed by atoms with Crippen molar-refractivity contribution in [3.63, 3.8) is 0 Å². The lowest BCUT2D eigenvalue weighted by atomic mass is 9.86. The van der Waals surface area contributed by atoms with Crippen LogP contribution in [-0.2, 0) is 14.3 Å². The molecule has 4 N–H and O–H groups in total. The Morgan fingerprint density at radius 1 is 1.27 bits per heavy atom. The fourth-order valence-corrected chi connectivity index (χ4v) is 3.75. The Hall–Kier alpha value is -3.21. The summed E-state index contributed by atoms with van der Waals surface area (Å²) in [6.07, 6.45) is -2.96. The van der Waals surface area contributed by atoms with Crippen molar-refractivity contribution >= 4 is 28.5 Å². The lowest BCUT2D eigenvalue weighted by molar-refractivity contribution is -0.158. The lowest BCUT2D eigenvalue weighted by Crippen LogP contribution is -2.52. The predicted octanol–water partition coefficient (Wildman–Crippen LogP) is 0.633. The number of benzene rings is 1. The van der Waals surface area contributed by atoms with E-state index in [0.29, 0.717) is 17.0 Å². The Labute approximate surface area is 171 Å². The Morgan fingerprint density at radius 3 is 2.60 bits per heavy atom. The van der Waals surface area contributed by atoms with Crippen LogP contribution in [0.5, 0.6) is 0 Å². The summed E-state index contributed by atoms with van der Waals surface area (Å²) in [4.78, 5) is 36.8. The van der Waals surface area contributed by atoms with Gasteiger partial charge in [-0.05, 0) is 13.8 Å². The largest absolute Gasteiger partial charge is 0.382 e. The molecule has 2 aromatic heterocycles. The summed E-state index contributed by atoms with van der Waals surface area (Å²) in [6, 6.07) is 9.17. The predicted molar refractivity (Wildman–Crippen MR) is 106 cm³/mol. The first-order chi connectivity index (χ1) is 14.2. The van der Waals surface area contributed by atoms with Crippen LogP contribution in [0, 0.1) is 0 Å². The van der Waals surface area contributed by atoms with Gasteiger partial charge in [-0.2, -0.15) is 0 Å². The first-order valence-corrected chi connectivity index (χ1v) is 9.35. The number of hydrogen-bond donors (Lipinski definition) is 3. The van der Waals surface area contributed by atoms with Crippen molar-refractivity contribution in [1.82, 2.24) is 19.5 Å². The number of aromatic nitrogens is 4. The number of nitrogens with two attached hydrogens (primary N) is 1. The molecule has 3 aromatic rings. The monoisotopic (exact) mass is 411 g/mol. The number of aliphatic hydroxyl groups excluding tert-OH is 1. The first-order valence-electron chi connectivity index (χ1n) is 9.35. The summed E-state index contributed by atoms with van der Waals surface area (Å²) >= 11 is 0. The zero-order valence-corrected chi connectivity index (χ0v) is 16.4. The summed E-state index contributed by atoms with van der Waals surface area (Å²) in [5, 5.41) is 21.3. The number of fused-ring (bicyclic) bond motifs is 1. The van der Waals surface area contributed by atoms with Crippen LogP contribution in [0.1, 0.15) is 26.5 Å². The van der Waals surface area contributed by atoms with Crippen molar-refractivity contribution in [2.24, 2.45) is 0 Å². The second kappa shape index (κ2) is 7.24. The van der Waals surface area contributed by atoms with Gasteiger partial charge < -0.3 is 20.7 Å². The molecule has 0 aliphatic carbocycles. The van der Waals surface area contributed by atoms with Crippen LogP contribution in [0.2, 0.25) is 0 Å². The molecule has 156 valence electrons. The van der Waals surface area contributed by atoms with Crippen LogP contribution in [0.25, 0.3) is 22.6 Å². The van der Waals surface area contributed by atoms with Crippen LogP contribution in [0.3, 0.4) is 0 Å². The number of carbonyl (C=O) groups excluding carboxylic acids is 2. The van der Waals surface area contributed by atoms with Gasteiger partial charge in [-0.3, -0.25) is 14.2 Å². The smallest absolute Gasteiger partial charge is 0.168 e. The Bertz CT molecular complexity index is 1130. The molecule has 1 fully saturated rings. The Morgan fingerprint density at radius 2 is 1.97 bits per heavy atom. The number of hydrogen-bond acceptors (Lipinski definition) is 9. The van der Waals surface area contributed by atoms with E-state index in [-0.39, 0.29) is 12.2 Å². The van der Waals surface area contributed by atoms with Crippen LogP contribution in [0.4, 0.5) is 5.82 Å². The van der Waals surface area contributed by atoms with E-state index in [2.05, 4.69) is 15.0 Å². The molecule has 1 aromatic carbocycles. The minimum atomic E-state index is -2.06. The lowest BCUT2D eigenvalue weighted by Gasteiger charge is -2.27. The van der Waals surface area contributed by atoms with Crippen LogP contribution >= 0.6 is 0 Å². The third kappa shape index (κ3) is 3.05. The molecule has 30 heavy (non-hydrogen) atoms. The molecular weight excluding hydrogens is 390 g/mol. The van der Waals surface area contributed by atoms with Crippen molar-refractivity contribution < 1.29 is 24.5 Å². The number of anilines is 1. The number of rotatable bonds is 5. The maximum absolute atomic E-state index is 12.3. The summed E-state index contributed by atoms with van der Waals surface area (Å²) in [6.45, 7) is 2.35. The van der Waals surface area contributed by atoms with Crippen molar-refractivity contribution in [1.29, 1.82) is 0 Å². The molecule has 1 aliphatic heterocycles. The van der Waals surface area contributed by atoms with E-state index in [4.69, 9.17) is 10.5 Å². The molecule has 0 amide bonds. The highest BCUT2D eigenvalue weighted by Crippen LogP contribution is 2.42. The van der Waals surface area contributed by atoms with Gasteiger partial charge in [0, 0.05) is 12.0 Å². The highest BCUT2D eigenvalue weighted by Gasteiger charge is 2.56. The van der Waals surface area contributed by atoms with Gasteiger partial charge in [0.2, 0.25) is 0 Å². The van der Waals surface area contributed by atoms with Gasteiger partial charge in [0.05, 0.1) is 0 Å². The zero-order valence-electron chi connectivity index (χ0n) is 16.4. The number of imidazole rings is 1. The number of nitrogen functional groups attached to an aromatic ring is 1. The van der Waals surface area contributed by atoms with Crippen LogP contribution in [0.15, 0.2) is 36.7 Å². The molecule has 4 rings (SSSR count). The van der Waals surface area contributed by atoms with Gasteiger partial charge in [-0.25, -0.2) is 15.0 Å². The average molecular weight is 411 g/mol. The standard InChI is InChI=1S/C20H21N5O5/c1-10(26)15(28)16-20(29,11(2)27)8-13(30-16)25-18(12-6-4-3-5-7-12)24-14-17(21)22-9-23-19(14)25/h3-7,9,13,15-16,28-29H,8H2,1-2H3,(H2,21,22,23)/t13-,15?,16-,20-/m1/s1. The molecule has 1 aliphatic rings. The molecule has 3 heterocycles. The maximum Gasteiger partial charge on any atom is 0.168 e. The van der Waals surface area contributed by atoms with Gasteiger partial charge in [0.1, 0.15) is 30.6 Å². The van der Waals surface area contributed by atoms with Gasteiger partial charge in [0.25, 0.3) is 0 Å². The second-order valence-electron chi connectivity index (χ2n) is 7.35. The summed E-state index contributed by atoms with van der Waals surface area (Å²) in [7, 11) is 0. The third-order valence-electron chi connectivity index (χ3n) is 5.40. The zero-order chi connectivity index (χ0) is 21.6. The van der Waals surface area contributed by atoms with Crippen molar-refractivity contribution in [3.05, 3.63) is 36.7 Å². The topological polar surface area (TPSA) is 153 Å². The van der Waals surface area contributed by atoms with E-state index >= 15 is 0 Å². The summed E-state index contributed by atoms with van der Waals surface area (Å²) in [5.74, 6) is -0.636. The average Bonchev–Trinajstić information content (AvgIpc) is 3.28. The molecule has 10 nitrogen and oxygen atoms in total. The molecule has 0 saturated carbocycles. The summed E-state index contributed by atoms with van der Waals surface area (Å²) < 4.78 is 7.50. The highest BCUT2D eigenvalue weighted by molar-refractivity contribution is 5.89. The minimum absolute atomic E-state index is 0.163. The van der Waals surface area contributed by atoms with E-state index in [1.54, 1.807) is 4.57 Å². The Balaban J connectivity index is 1.90.